The van der Waals surface area contributed by atoms with Crippen LogP contribution in [0.4, 0.5) is 5.95 Å². The van der Waals surface area contributed by atoms with Crippen LogP contribution in [0.3, 0.4) is 0 Å². The number of aliphatic hydroxyl groups excluding tert-OH is 3. The standard InChI is InChI=1S/C9H13N3O5.CH4.2ClH/c10-9-11-1-3(8(16)12-9)7-6(15)5(14)4(2-13)17-7;;;/h1,4-7,13-15H,2H2,(H3,10,11,12,16);1H4;2*1H/t4-,5-,6-,7+;;;/m1.../s1. The van der Waals surface area contributed by atoms with Crippen LogP contribution in [0, 0.1) is 0 Å². The van der Waals surface area contributed by atoms with Gasteiger partial charge in [0.05, 0.1) is 12.2 Å². The van der Waals surface area contributed by atoms with Gasteiger partial charge < -0.3 is 25.8 Å². The highest BCUT2D eigenvalue weighted by molar-refractivity contribution is 5.85. The largest absolute Gasteiger partial charge is 0.394 e. The molecule has 2 rings (SSSR count). The van der Waals surface area contributed by atoms with E-state index in [2.05, 4.69) is 9.97 Å². The van der Waals surface area contributed by atoms with E-state index in [1.165, 1.54) is 6.20 Å². The number of nitrogens with two attached hydrogens (primary N) is 1. The first-order valence-electron chi connectivity index (χ1n) is 5.01. The summed E-state index contributed by atoms with van der Waals surface area (Å²) in [5.74, 6) is -0.0505. The molecule has 0 bridgehead atoms. The molecular weight excluding hydrogens is 313 g/mol. The van der Waals surface area contributed by atoms with Gasteiger partial charge in [-0.3, -0.25) is 9.78 Å². The van der Waals surface area contributed by atoms with Crippen LogP contribution in [0.2, 0.25) is 0 Å². The fraction of sp³-hybridized carbons (Fsp3) is 0.600. The molecular formula is C10H19Cl2N3O5. The molecule has 1 fully saturated rings. The van der Waals surface area contributed by atoms with Crippen molar-refractivity contribution >= 4 is 30.8 Å². The number of nitrogens with one attached hydrogen (secondary N) is 1. The predicted molar refractivity (Wildman–Crippen MR) is 77.2 cm³/mol. The molecule has 4 atom stereocenters. The average Bonchev–Trinajstić information content (AvgIpc) is 2.57. The van der Waals surface area contributed by atoms with Crippen LogP contribution in [-0.4, -0.2) is 50.2 Å². The Labute approximate surface area is 127 Å². The summed E-state index contributed by atoms with van der Waals surface area (Å²) < 4.78 is 5.19. The van der Waals surface area contributed by atoms with Crippen LogP contribution >= 0.6 is 24.8 Å². The van der Waals surface area contributed by atoms with Crippen LogP contribution in [0.5, 0.6) is 0 Å². The SMILES string of the molecule is C.Cl.Cl.Nc1ncc([C@@H]2O[C@H](CO)[C@@H](O)[C@H]2O)c(=O)[nH]1. The van der Waals surface area contributed by atoms with Crippen molar-refractivity contribution in [2.75, 3.05) is 12.3 Å². The summed E-state index contributed by atoms with van der Waals surface area (Å²) in [6.07, 6.45) is -3.32. The molecule has 0 radical (unpaired) electrons. The van der Waals surface area contributed by atoms with Gasteiger partial charge in [-0.05, 0) is 0 Å². The molecule has 118 valence electrons. The van der Waals surface area contributed by atoms with Crippen molar-refractivity contribution in [2.45, 2.75) is 31.8 Å². The number of nitrogen functional groups attached to an aromatic ring is 1. The number of rotatable bonds is 2. The van der Waals surface area contributed by atoms with Gasteiger partial charge in [-0.25, -0.2) is 4.98 Å². The third-order valence-corrected chi connectivity index (χ3v) is 2.70. The molecule has 0 unspecified atom stereocenters. The van der Waals surface area contributed by atoms with Crippen LogP contribution < -0.4 is 11.3 Å². The second kappa shape index (κ2) is 8.40. The zero-order valence-electron chi connectivity index (χ0n) is 9.59. The molecule has 1 aromatic heterocycles. The number of H-pyrrole nitrogens is 1. The Morgan fingerprint density at radius 1 is 1.35 bits per heavy atom. The van der Waals surface area contributed by atoms with E-state index >= 15 is 0 Å². The summed E-state index contributed by atoms with van der Waals surface area (Å²) in [4.78, 5) is 17.5. The Morgan fingerprint density at radius 3 is 2.40 bits per heavy atom. The van der Waals surface area contributed by atoms with Crippen molar-refractivity contribution in [3.05, 3.63) is 22.1 Å². The van der Waals surface area contributed by atoms with E-state index in [-0.39, 0.29) is 43.8 Å². The van der Waals surface area contributed by atoms with Crippen molar-refractivity contribution in [2.24, 2.45) is 0 Å². The number of aliphatic hydroxyl groups is 3. The van der Waals surface area contributed by atoms with Crippen molar-refractivity contribution in [3.8, 4) is 0 Å². The summed E-state index contributed by atoms with van der Waals surface area (Å²) in [7, 11) is 0. The number of aromatic amines is 1. The topological polar surface area (TPSA) is 142 Å². The van der Waals surface area contributed by atoms with Gasteiger partial charge in [0.1, 0.15) is 24.4 Å². The lowest BCUT2D eigenvalue weighted by atomic mass is 10.0. The molecule has 1 aliphatic rings. The minimum atomic E-state index is -1.29. The zero-order valence-corrected chi connectivity index (χ0v) is 11.2. The Hall–Kier alpha value is -0.900. The van der Waals surface area contributed by atoms with E-state index in [1.807, 2.05) is 0 Å². The van der Waals surface area contributed by atoms with Gasteiger partial charge in [0.25, 0.3) is 5.56 Å². The summed E-state index contributed by atoms with van der Waals surface area (Å²) in [5.41, 5.74) is 4.79. The van der Waals surface area contributed by atoms with Crippen LogP contribution in [0.15, 0.2) is 11.0 Å². The quantitative estimate of drug-likeness (QED) is 0.467. The Balaban J connectivity index is 0. The molecule has 0 saturated carbocycles. The second-order valence-electron chi connectivity index (χ2n) is 3.81. The number of ether oxygens (including phenoxy) is 1. The molecule has 0 aromatic carbocycles. The summed E-state index contributed by atoms with van der Waals surface area (Å²) in [6, 6.07) is 0. The third-order valence-electron chi connectivity index (χ3n) is 2.70. The first-order chi connectivity index (χ1) is 8.04. The number of aromatic nitrogens is 2. The van der Waals surface area contributed by atoms with E-state index in [0.29, 0.717) is 0 Å². The predicted octanol–water partition coefficient (Wildman–Crippen LogP) is -1.01. The van der Waals surface area contributed by atoms with Gasteiger partial charge in [0.15, 0.2) is 5.95 Å². The molecule has 1 aliphatic heterocycles. The maximum Gasteiger partial charge on any atom is 0.258 e. The second-order valence-corrected chi connectivity index (χ2v) is 3.81. The van der Waals surface area contributed by atoms with Gasteiger partial charge in [0, 0.05) is 6.20 Å². The number of hydrogen-bond acceptors (Lipinski definition) is 7. The minimum absolute atomic E-state index is 0. The lowest BCUT2D eigenvalue weighted by molar-refractivity contribution is -0.0232. The highest BCUT2D eigenvalue weighted by Crippen LogP contribution is 2.31. The lowest BCUT2D eigenvalue weighted by Crippen LogP contribution is -2.33. The molecule has 8 nitrogen and oxygen atoms in total. The normalized spacial score (nSPS) is 27.9. The van der Waals surface area contributed by atoms with E-state index in [4.69, 9.17) is 15.6 Å². The molecule has 0 aliphatic carbocycles. The van der Waals surface area contributed by atoms with Crippen molar-refractivity contribution in [1.29, 1.82) is 0 Å². The molecule has 0 spiro atoms. The molecule has 20 heavy (non-hydrogen) atoms. The molecule has 0 amide bonds. The summed E-state index contributed by atoms with van der Waals surface area (Å²) in [6.45, 7) is -0.449. The first-order valence-corrected chi connectivity index (χ1v) is 5.01. The fourth-order valence-electron chi connectivity index (χ4n) is 1.78. The van der Waals surface area contributed by atoms with Crippen molar-refractivity contribution < 1.29 is 20.1 Å². The maximum absolute atomic E-state index is 11.6. The molecule has 2 heterocycles. The molecule has 1 aromatic rings. The Kier molecular flexibility index (Phi) is 8.99. The van der Waals surface area contributed by atoms with Gasteiger partial charge in [0.2, 0.25) is 0 Å². The van der Waals surface area contributed by atoms with E-state index in [1.54, 1.807) is 0 Å². The Bertz CT molecular complexity index is 472. The van der Waals surface area contributed by atoms with Crippen molar-refractivity contribution in [1.82, 2.24) is 9.97 Å². The number of hydrogen-bond donors (Lipinski definition) is 5. The van der Waals surface area contributed by atoms with Gasteiger partial charge in [-0.2, -0.15) is 0 Å². The van der Waals surface area contributed by atoms with E-state index < -0.39 is 36.6 Å². The highest BCUT2D eigenvalue weighted by Gasteiger charge is 2.44. The van der Waals surface area contributed by atoms with Gasteiger partial charge in [-0.15, -0.1) is 24.8 Å². The Morgan fingerprint density at radius 2 is 1.95 bits per heavy atom. The minimum Gasteiger partial charge on any atom is -0.394 e. The lowest BCUT2D eigenvalue weighted by Gasteiger charge is -2.13. The number of nitrogens with zero attached hydrogens (tertiary/aromatic N) is 1. The van der Waals surface area contributed by atoms with Crippen molar-refractivity contribution in [3.63, 3.8) is 0 Å². The average molecular weight is 332 g/mol. The van der Waals surface area contributed by atoms with Crippen LogP contribution in [0.1, 0.15) is 19.1 Å². The molecule has 6 N–H and O–H groups in total. The number of anilines is 1. The maximum atomic E-state index is 11.6. The summed E-state index contributed by atoms with van der Waals surface area (Å²) >= 11 is 0. The monoisotopic (exact) mass is 331 g/mol. The van der Waals surface area contributed by atoms with Gasteiger partial charge in [-0.1, -0.05) is 7.43 Å². The first kappa shape index (κ1) is 21.4. The third kappa shape index (κ3) is 3.81. The smallest absolute Gasteiger partial charge is 0.258 e. The van der Waals surface area contributed by atoms with Crippen LogP contribution in [-0.2, 0) is 4.74 Å². The molecule has 1 saturated heterocycles. The number of halogens is 2. The van der Waals surface area contributed by atoms with Crippen LogP contribution in [0.25, 0.3) is 0 Å². The van der Waals surface area contributed by atoms with E-state index in [9.17, 15) is 15.0 Å². The molecule has 10 heteroatoms. The van der Waals surface area contributed by atoms with E-state index in [0.717, 1.165) is 0 Å². The highest BCUT2D eigenvalue weighted by atomic mass is 35.5. The fourth-order valence-corrected chi connectivity index (χ4v) is 1.78. The zero-order chi connectivity index (χ0) is 12.6. The van der Waals surface area contributed by atoms with Gasteiger partial charge >= 0.3 is 0 Å². The summed E-state index contributed by atoms with van der Waals surface area (Å²) in [5, 5.41) is 28.2.